The Kier molecular flexibility index (Phi) is 5.20. The van der Waals surface area contributed by atoms with Crippen LogP contribution in [0.25, 0.3) is 0 Å². The molecule has 1 aliphatic heterocycles. The third-order valence-corrected chi connectivity index (χ3v) is 3.55. The van der Waals surface area contributed by atoms with Crippen LogP contribution >= 0.6 is 0 Å². The first kappa shape index (κ1) is 13.6. The number of nitrogens with one attached hydrogen (secondary N) is 1. The molecule has 1 aromatic rings. The SMILES string of the molecule is CC(C)n1ccc(CNCCN2CCCCC2)n1. The van der Waals surface area contributed by atoms with Crippen LogP contribution in [-0.4, -0.2) is 40.9 Å². The highest BCUT2D eigenvalue weighted by molar-refractivity contribution is 4.98. The molecular formula is C14H26N4. The number of rotatable bonds is 6. The van der Waals surface area contributed by atoms with Crippen LogP contribution < -0.4 is 5.32 Å². The van der Waals surface area contributed by atoms with Crippen LogP contribution in [0.4, 0.5) is 0 Å². The largest absolute Gasteiger partial charge is 0.310 e. The number of aromatic nitrogens is 2. The first-order valence-electron chi connectivity index (χ1n) is 7.23. The molecule has 1 saturated heterocycles. The topological polar surface area (TPSA) is 33.1 Å². The Labute approximate surface area is 110 Å². The van der Waals surface area contributed by atoms with Gasteiger partial charge in [0.2, 0.25) is 0 Å². The van der Waals surface area contributed by atoms with Gasteiger partial charge in [-0.15, -0.1) is 0 Å². The van der Waals surface area contributed by atoms with E-state index in [1.807, 2.05) is 4.68 Å². The number of hydrogen-bond acceptors (Lipinski definition) is 3. The molecule has 0 bridgehead atoms. The molecule has 0 atom stereocenters. The van der Waals surface area contributed by atoms with Crippen LogP contribution in [0.15, 0.2) is 12.3 Å². The summed E-state index contributed by atoms with van der Waals surface area (Å²) in [4.78, 5) is 2.56. The van der Waals surface area contributed by atoms with Crippen molar-refractivity contribution in [3.63, 3.8) is 0 Å². The van der Waals surface area contributed by atoms with E-state index in [1.165, 1.54) is 38.9 Å². The van der Waals surface area contributed by atoms with E-state index < -0.39 is 0 Å². The first-order chi connectivity index (χ1) is 8.75. The summed E-state index contributed by atoms with van der Waals surface area (Å²) in [5.74, 6) is 0. The summed E-state index contributed by atoms with van der Waals surface area (Å²) in [6.07, 6.45) is 6.22. The molecule has 2 heterocycles. The standard InChI is InChI=1S/C14H26N4/c1-13(2)18-10-6-14(16-18)12-15-7-11-17-8-4-3-5-9-17/h6,10,13,15H,3-5,7-9,11-12H2,1-2H3. The number of nitrogens with zero attached hydrogens (tertiary/aromatic N) is 3. The number of piperidine rings is 1. The number of likely N-dealkylation sites (tertiary alicyclic amines) is 1. The summed E-state index contributed by atoms with van der Waals surface area (Å²) in [5.41, 5.74) is 1.14. The van der Waals surface area contributed by atoms with Crippen molar-refractivity contribution in [2.24, 2.45) is 0 Å². The molecule has 1 fully saturated rings. The van der Waals surface area contributed by atoms with Crippen LogP contribution in [-0.2, 0) is 6.54 Å². The second kappa shape index (κ2) is 6.90. The quantitative estimate of drug-likeness (QED) is 0.784. The van der Waals surface area contributed by atoms with E-state index in [-0.39, 0.29) is 0 Å². The molecule has 1 aromatic heterocycles. The van der Waals surface area contributed by atoms with Crippen molar-refractivity contribution in [2.45, 2.75) is 45.7 Å². The first-order valence-corrected chi connectivity index (χ1v) is 7.23. The zero-order valence-corrected chi connectivity index (χ0v) is 11.7. The van der Waals surface area contributed by atoms with Gasteiger partial charge in [0.1, 0.15) is 0 Å². The van der Waals surface area contributed by atoms with Crippen molar-refractivity contribution in [1.82, 2.24) is 20.0 Å². The lowest BCUT2D eigenvalue weighted by molar-refractivity contribution is 0.229. The van der Waals surface area contributed by atoms with Gasteiger partial charge in [0.25, 0.3) is 0 Å². The monoisotopic (exact) mass is 250 g/mol. The summed E-state index contributed by atoms with van der Waals surface area (Å²) < 4.78 is 2.02. The lowest BCUT2D eigenvalue weighted by atomic mass is 10.1. The Morgan fingerprint density at radius 3 is 2.72 bits per heavy atom. The van der Waals surface area contributed by atoms with Crippen molar-refractivity contribution >= 4 is 0 Å². The zero-order valence-electron chi connectivity index (χ0n) is 11.7. The average molecular weight is 250 g/mol. The molecule has 0 saturated carbocycles. The Balaban J connectivity index is 1.62. The molecule has 18 heavy (non-hydrogen) atoms. The molecular weight excluding hydrogens is 224 g/mol. The van der Waals surface area contributed by atoms with Crippen molar-refractivity contribution < 1.29 is 0 Å². The number of hydrogen-bond donors (Lipinski definition) is 1. The minimum absolute atomic E-state index is 0.451. The van der Waals surface area contributed by atoms with Gasteiger partial charge < -0.3 is 10.2 Å². The Bertz CT molecular complexity index is 339. The van der Waals surface area contributed by atoms with E-state index in [0.717, 1.165) is 18.8 Å². The van der Waals surface area contributed by atoms with Gasteiger partial charge in [-0.1, -0.05) is 6.42 Å². The summed E-state index contributed by atoms with van der Waals surface area (Å²) in [6, 6.07) is 2.56. The van der Waals surface area contributed by atoms with Gasteiger partial charge in [0.05, 0.1) is 5.69 Å². The van der Waals surface area contributed by atoms with E-state index >= 15 is 0 Å². The van der Waals surface area contributed by atoms with Gasteiger partial charge in [-0.3, -0.25) is 4.68 Å². The van der Waals surface area contributed by atoms with Crippen molar-refractivity contribution in [2.75, 3.05) is 26.2 Å². The van der Waals surface area contributed by atoms with Crippen LogP contribution in [0.5, 0.6) is 0 Å². The summed E-state index contributed by atoms with van der Waals surface area (Å²) in [7, 11) is 0. The summed E-state index contributed by atoms with van der Waals surface area (Å²) in [6.45, 7) is 9.99. The fraction of sp³-hybridized carbons (Fsp3) is 0.786. The zero-order chi connectivity index (χ0) is 12.8. The van der Waals surface area contributed by atoms with Crippen molar-refractivity contribution in [3.8, 4) is 0 Å². The summed E-state index contributed by atoms with van der Waals surface area (Å²) in [5, 5.41) is 8.02. The maximum atomic E-state index is 4.53. The molecule has 102 valence electrons. The molecule has 0 unspecified atom stereocenters. The normalized spacial score (nSPS) is 17.5. The van der Waals surface area contributed by atoms with Crippen molar-refractivity contribution in [3.05, 3.63) is 18.0 Å². The fourth-order valence-electron chi connectivity index (χ4n) is 2.40. The minimum Gasteiger partial charge on any atom is -0.310 e. The van der Waals surface area contributed by atoms with E-state index in [2.05, 4.69) is 41.4 Å². The molecule has 0 radical (unpaired) electrons. The van der Waals surface area contributed by atoms with Crippen LogP contribution in [0.2, 0.25) is 0 Å². The van der Waals surface area contributed by atoms with Gasteiger partial charge >= 0.3 is 0 Å². The van der Waals surface area contributed by atoms with E-state index in [9.17, 15) is 0 Å². The minimum atomic E-state index is 0.451. The molecule has 1 N–H and O–H groups in total. The molecule has 4 nitrogen and oxygen atoms in total. The fourth-order valence-corrected chi connectivity index (χ4v) is 2.40. The highest BCUT2D eigenvalue weighted by Crippen LogP contribution is 2.07. The molecule has 0 aliphatic carbocycles. The predicted octanol–water partition coefficient (Wildman–Crippen LogP) is 2.04. The predicted molar refractivity (Wildman–Crippen MR) is 74.6 cm³/mol. The lowest BCUT2D eigenvalue weighted by Gasteiger charge is -2.26. The van der Waals surface area contributed by atoms with E-state index in [4.69, 9.17) is 0 Å². The third kappa shape index (κ3) is 4.10. The van der Waals surface area contributed by atoms with Gasteiger partial charge in [-0.05, 0) is 45.8 Å². The summed E-state index contributed by atoms with van der Waals surface area (Å²) >= 11 is 0. The second-order valence-corrected chi connectivity index (χ2v) is 5.46. The smallest absolute Gasteiger partial charge is 0.0762 e. The van der Waals surface area contributed by atoms with E-state index in [0.29, 0.717) is 6.04 Å². The molecule has 4 heteroatoms. The Morgan fingerprint density at radius 2 is 2.06 bits per heavy atom. The van der Waals surface area contributed by atoms with Gasteiger partial charge in [0.15, 0.2) is 0 Å². The Morgan fingerprint density at radius 1 is 1.28 bits per heavy atom. The van der Waals surface area contributed by atoms with Crippen molar-refractivity contribution in [1.29, 1.82) is 0 Å². The van der Waals surface area contributed by atoms with Crippen LogP contribution in [0.3, 0.4) is 0 Å². The highest BCUT2D eigenvalue weighted by Gasteiger charge is 2.09. The lowest BCUT2D eigenvalue weighted by Crippen LogP contribution is -2.35. The van der Waals surface area contributed by atoms with E-state index in [1.54, 1.807) is 0 Å². The Hall–Kier alpha value is -0.870. The maximum absolute atomic E-state index is 4.53. The molecule has 0 aromatic carbocycles. The highest BCUT2D eigenvalue weighted by atomic mass is 15.3. The molecule has 1 aliphatic rings. The second-order valence-electron chi connectivity index (χ2n) is 5.46. The van der Waals surface area contributed by atoms with Crippen LogP contribution in [0.1, 0.15) is 44.8 Å². The maximum Gasteiger partial charge on any atom is 0.0762 e. The van der Waals surface area contributed by atoms with Crippen LogP contribution in [0, 0.1) is 0 Å². The van der Waals surface area contributed by atoms with Gasteiger partial charge in [-0.2, -0.15) is 5.10 Å². The average Bonchev–Trinajstić information content (AvgIpc) is 2.85. The van der Waals surface area contributed by atoms with Gasteiger partial charge in [0, 0.05) is 31.9 Å². The molecule has 2 rings (SSSR count). The molecule has 0 spiro atoms. The van der Waals surface area contributed by atoms with Gasteiger partial charge in [-0.25, -0.2) is 0 Å². The molecule has 0 amide bonds. The third-order valence-electron chi connectivity index (χ3n) is 3.55.